The van der Waals surface area contributed by atoms with Gasteiger partial charge in [-0.1, -0.05) is 36.0 Å². The van der Waals surface area contributed by atoms with Crippen LogP contribution >= 0.6 is 31.1 Å². The Morgan fingerprint density at radius 1 is 0.923 bits per heavy atom. The molecule has 7 nitrogen and oxygen atoms in total. The second kappa shape index (κ2) is 6.94. The van der Waals surface area contributed by atoms with Crippen molar-refractivity contribution in [2.75, 3.05) is 0 Å². The van der Waals surface area contributed by atoms with Crippen LogP contribution in [0.15, 0.2) is 68.9 Å². The van der Waals surface area contributed by atoms with Gasteiger partial charge in [-0.25, -0.2) is 9.97 Å². The number of H-pyrrole nitrogens is 2. The van der Waals surface area contributed by atoms with Crippen LogP contribution in [0.4, 0.5) is 0 Å². The first-order chi connectivity index (χ1) is 12.5. The van der Waals surface area contributed by atoms with E-state index in [1.807, 2.05) is 48.5 Å². The van der Waals surface area contributed by atoms with E-state index in [0.717, 1.165) is 45.6 Å². The van der Waals surface area contributed by atoms with Crippen molar-refractivity contribution in [2.45, 2.75) is 10.3 Å². The molecule has 0 spiro atoms. The minimum absolute atomic E-state index is 0.0954. The Morgan fingerprint density at radius 3 is 2.04 bits per heavy atom. The van der Waals surface area contributed by atoms with Crippen molar-refractivity contribution in [1.82, 2.24) is 19.9 Å². The van der Waals surface area contributed by atoms with Crippen LogP contribution in [0.25, 0.3) is 22.1 Å². The molecular formula is C16H13N4O3PS2. The summed E-state index contributed by atoms with van der Waals surface area (Å²) >= 11 is 2.04. The molecule has 4 rings (SSSR count). The molecule has 26 heavy (non-hydrogen) atoms. The van der Waals surface area contributed by atoms with E-state index >= 15 is 0 Å². The fourth-order valence-electron chi connectivity index (χ4n) is 2.32. The molecule has 0 aliphatic carbocycles. The molecule has 2 heterocycles. The van der Waals surface area contributed by atoms with Gasteiger partial charge in [0.2, 0.25) is 0 Å². The molecule has 0 saturated heterocycles. The number of fused-ring (bicyclic) bond motifs is 2. The third-order valence-electron chi connectivity index (χ3n) is 3.50. The lowest BCUT2D eigenvalue weighted by molar-refractivity contribution is 0.385. The molecule has 132 valence electrons. The van der Waals surface area contributed by atoms with E-state index in [-0.39, 0.29) is 4.65 Å². The van der Waals surface area contributed by atoms with Crippen LogP contribution < -0.4 is 0 Å². The van der Waals surface area contributed by atoms with Gasteiger partial charge in [0.15, 0.2) is 10.3 Å². The van der Waals surface area contributed by atoms with Crippen molar-refractivity contribution < 1.29 is 14.4 Å². The van der Waals surface area contributed by atoms with E-state index in [2.05, 4.69) is 19.9 Å². The first-order valence-corrected chi connectivity index (χ1v) is 10.8. The summed E-state index contributed by atoms with van der Waals surface area (Å²) in [7, 11) is -4.45. The number of thioether (sulfide) groups is 2. The SMILES string of the molecule is O=P(O)(O)/C(=C/Sc1nc2ccccc2[nH]1)Sc1nc2ccccc2[nH]1. The van der Waals surface area contributed by atoms with Gasteiger partial charge in [0.05, 0.1) is 22.1 Å². The van der Waals surface area contributed by atoms with Gasteiger partial charge in [-0.2, -0.15) is 0 Å². The van der Waals surface area contributed by atoms with Gasteiger partial charge in [0.25, 0.3) is 0 Å². The molecule has 0 bridgehead atoms. The van der Waals surface area contributed by atoms with Crippen molar-refractivity contribution in [3.63, 3.8) is 0 Å². The van der Waals surface area contributed by atoms with E-state index < -0.39 is 7.60 Å². The highest BCUT2D eigenvalue weighted by Gasteiger charge is 2.24. The third-order valence-corrected chi connectivity index (χ3v) is 6.99. The van der Waals surface area contributed by atoms with E-state index in [1.165, 1.54) is 5.41 Å². The summed E-state index contributed by atoms with van der Waals surface area (Å²) in [5.41, 5.74) is 3.21. The summed E-state index contributed by atoms with van der Waals surface area (Å²) in [6.45, 7) is 0. The molecule has 0 unspecified atom stereocenters. The zero-order chi connectivity index (χ0) is 18.1. The predicted molar refractivity (Wildman–Crippen MR) is 104 cm³/mol. The van der Waals surface area contributed by atoms with Gasteiger partial charge in [-0.3, -0.25) is 4.57 Å². The maximum atomic E-state index is 11.9. The Hall–Kier alpha value is -2.03. The minimum atomic E-state index is -4.45. The van der Waals surface area contributed by atoms with Gasteiger partial charge in [-0.15, -0.1) is 0 Å². The van der Waals surface area contributed by atoms with Gasteiger partial charge < -0.3 is 19.8 Å². The van der Waals surface area contributed by atoms with Crippen LogP contribution in [0.2, 0.25) is 0 Å². The number of aromatic nitrogens is 4. The predicted octanol–water partition coefficient (Wildman–Crippen LogP) is 4.30. The third kappa shape index (κ3) is 3.72. The second-order valence-electron chi connectivity index (χ2n) is 5.34. The molecule has 10 heteroatoms. The van der Waals surface area contributed by atoms with Crippen molar-refractivity contribution in [3.8, 4) is 0 Å². The number of nitrogens with one attached hydrogen (secondary N) is 2. The van der Waals surface area contributed by atoms with Crippen LogP contribution in [0, 0.1) is 0 Å². The first-order valence-electron chi connectivity index (χ1n) is 7.49. The molecule has 2 aromatic carbocycles. The molecule has 0 fully saturated rings. The maximum absolute atomic E-state index is 11.9. The summed E-state index contributed by atoms with van der Waals surface area (Å²) in [4.78, 5) is 34.2. The fourth-order valence-corrected chi connectivity index (χ4v) is 5.14. The molecule has 0 saturated carbocycles. The molecule has 2 aromatic heterocycles. The van der Waals surface area contributed by atoms with Crippen LogP contribution in [-0.2, 0) is 4.57 Å². The molecule has 0 radical (unpaired) electrons. The number of hydrogen-bond donors (Lipinski definition) is 4. The summed E-state index contributed by atoms with van der Waals surface area (Å²) < 4.78 is 11.8. The van der Waals surface area contributed by atoms with Gasteiger partial charge in [0.1, 0.15) is 4.65 Å². The number of para-hydroxylation sites is 4. The zero-order valence-electron chi connectivity index (χ0n) is 13.2. The van der Waals surface area contributed by atoms with Crippen molar-refractivity contribution in [3.05, 3.63) is 58.6 Å². The molecule has 0 aliphatic heterocycles. The lowest BCUT2D eigenvalue weighted by atomic mass is 10.3. The number of aromatic amines is 2. The lowest BCUT2D eigenvalue weighted by Gasteiger charge is -2.06. The highest BCUT2D eigenvalue weighted by Crippen LogP contribution is 2.54. The van der Waals surface area contributed by atoms with Crippen molar-refractivity contribution in [1.29, 1.82) is 0 Å². The Labute approximate surface area is 156 Å². The Bertz CT molecular complexity index is 1100. The number of benzene rings is 2. The second-order valence-corrected chi connectivity index (χ2v) is 9.10. The Morgan fingerprint density at radius 2 is 1.46 bits per heavy atom. The van der Waals surface area contributed by atoms with Crippen LogP contribution in [0.3, 0.4) is 0 Å². The minimum Gasteiger partial charge on any atom is -0.333 e. The smallest absolute Gasteiger partial charge is 0.333 e. The first kappa shape index (κ1) is 17.4. The normalized spacial score (nSPS) is 12.9. The Kier molecular flexibility index (Phi) is 4.64. The highest BCUT2D eigenvalue weighted by molar-refractivity contribution is 8.11. The fraction of sp³-hybridized carbons (Fsp3) is 0. The number of rotatable bonds is 5. The number of hydrogen-bond acceptors (Lipinski definition) is 5. The largest absolute Gasteiger partial charge is 0.363 e. The van der Waals surface area contributed by atoms with E-state index in [1.54, 1.807) is 0 Å². The molecule has 0 amide bonds. The van der Waals surface area contributed by atoms with Crippen molar-refractivity contribution in [2.24, 2.45) is 0 Å². The average Bonchev–Trinajstić information content (AvgIpc) is 3.20. The molecule has 4 N–H and O–H groups in total. The lowest BCUT2D eigenvalue weighted by Crippen LogP contribution is -1.83. The maximum Gasteiger partial charge on any atom is 0.363 e. The quantitative estimate of drug-likeness (QED) is 0.290. The molecule has 0 aliphatic rings. The average molecular weight is 404 g/mol. The zero-order valence-corrected chi connectivity index (χ0v) is 15.7. The van der Waals surface area contributed by atoms with Gasteiger partial charge in [-0.05, 0) is 36.0 Å². The van der Waals surface area contributed by atoms with Crippen LogP contribution in [0.1, 0.15) is 0 Å². The van der Waals surface area contributed by atoms with Crippen molar-refractivity contribution >= 4 is 53.2 Å². The van der Waals surface area contributed by atoms with E-state index in [4.69, 9.17) is 0 Å². The highest BCUT2D eigenvalue weighted by atomic mass is 32.2. The number of nitrogens with zero attached hydrogens (tertiary/aromatic N) is 2. The molecule has 4 aromatic rings. The van der Waals surface area contributed by atoms with Crippen LogP contribution in [0.5, 0.6) is 0 Å². The topological polar surface area (TPSA) is 115 Å². The van der Waals surface area contributed by atoms with E-state index in [0.29, 0.717) is 10.3 Å². The standard InChI is InChI=1S/C16H13N4O3PS2/c21-24(22,23)14(26-16-19-12-7-3-4-8-13(12)20-16)9-25-15-17-10-5-1-2-6-11(10)18-15/h1-9H,(H,17,18)(H,19,20)(H2,21,22,23)/b14-9-. The summed E-state index contributed by atoms with van der Waals surface area (Å²) in [6, 6.07) is 14.9. The van der Waals surface area contributed by atoms with Crippen LogP contribution in [-0.4, -0.2) is 29.7 Å². The molecule has 0 atom stereocenters. The van der Waals surface area contributed by atoms with Gasteiger partial charge in [0, 0.05) is 5.41 Å². The van der Waals surface area contributed by atoms with Gasteiger partial charge >= 0.3 is 7.60 Å². The summed E-state index contributed by atoms with van der Waals surface area (Å²) in [5.74, 6) is 0. The van der Waals surface area contributed by atoms with E-state index in [9.17, 15) is 14.4 Å². The molecular weight excluding hydrogens is 391 g/mol. The number of imidazole rings is 2. The summed E-state index contributed by atoms with van der Waals surface area (Å²) in [6.07, 6.45) is 0. The monoisotopic (exact) mass is 404 g/mol. The summed E-state index contributed by atoms with van der Waals surface area (Å²) in [5, 5.41) is 2.39. The Balaban J connectivity index is 1.61.